The Morgan fingerprint density at radius 1 is 1.50 bits per heavy atom. The lowest BCUT2D eigenvalue weighted by Crippen LogP contribution is -2.33. The van der Waals surface area contributed by atoms with Gasteiger partial charge in [0.25, 0.3) is 5.91 Å². The molecule has 1 aromatic rings. The number of hydrogen-bond donors (Lipinski definition) is 2. The van der Waals surface area contributed by atoms with E-state index in [1.807, 2.05) is 0 Å². The van der Waals surface area contributed by atoms with E-state index in [0.29, 0.717) is 11.3 Å². The molecule has 0 atom stereocenters. The van der Waals surface area contributed by atoms with Gasteiger partial charge in [0, 0.05) is 13.6 Å². The number of likely N-dealkylation sites (N-methyl/N-ethyl adjacent to an activating group) is 1. The molecule has 0 aliphatic heterocycles. The molecule has 0 unspecified atom stereocenters. The third-order valence-electron chi connectivity index (χ3n) is 2.36. The predicted octanol–water partition coefficient (Wildman–Crippen LogP) is 0.150. The molecule has 0 aliphatic carbocycles. The summed E-state index contributed by atoms with van der Waals surface area (Å²) in [4.78, 5) is 13.2. The zero-order valence-corrected chi connectivity index (χ0v) is 10.9. The van der Waals surface area contributed by atoms with Crippen molar-refractivity contribution in [2.24, 2.45) is 5.73 Å². The topological polar surface area (TPSA) is 75.8 Å². The Morgan fingerprint density at radius 3 is 2.78 bits per heavy atom. The van der Waals surface area contributed by atoms with Crippen LogP contribution in [0.5, 0.6) is 5.75 Å². The van der Waals surface area contributed by atoms with Crippen molar-refractivity contribution in [2.45, 2.75) is 0 Å². The molecule has 0 aromatic heterocycles. The number of rotatable bonds is 6. The minimum Gasteiger partial charge on any atom is -0.483 e. The highest BCUT2D eigenvalue weighted by atomic mass is 32.1. The summed E-state index contributed by atoms with van der Waals surface area (Å²) >= 11 is 4.89. The molecule has 98 valence electrons. The maximum atomic E-state index is 11.6. The summed E-state index contributed by atoms with van der Waals surface area (Å²) in [5.41, 5.74) is 6.15. The molecule has 0 saturated carbocycles. The second-order valence-corrected chi connectivity index (χ2v) is 4.13. The van der Waals surface area contributed by atoms with Crippen molar-refractivity contribution in [3.63, 3.8) is 0 Å². The van der Waals surface area contributed by atoms with Gasteiger partial charge in [0.1, 0.15) is 10.7 Å². The Labute approximate surface area is 111 Å². The van der Waals surface area contributed by atoms with E-state index in [1.54, 1.807) is 31.3 Å². The molecule has 0 spiro atoms. The Hall–Kier alpha value is -1.66. The van der Waals surface area contributed by atoms with Crippen LogP contribution < -0.4 is 10.5 Å². The number of para-hydroxylation sites is 1. The van der Waals surface area contributed by atoms with E-state index in [4.69, 9.17) is 27.8 Å². The molecule has 1 rings (SSSR count). The van der Waals surface area contributed by atoms with Crippen LogP contribution in [0.2, 0.25) is 0 Å². The average Bonchev–Trinajstić information content (AvgIpc) is 2.36. The molecule has 0 saturated heterocycles. The summed E-state index contributed by atoms with van der Waals surface area (Å²) in [5, 5.41) is 8.72. The standard InChI is InChI=1S/C12H16N2O3S/c1-14(6-7-15)11(16)8-17-10-5-3-2-4-9(10)12(13)18/h2-5,15H,6-8H2,1H3,(H2,13,18). The van der Waals surface area contributed by atoms with E-state index < -0.39 is 0 Å². The molecular weight excluding hydrogens is 252 g/mol. The second kappa shape index (κ2) is 6.93. The number of aliphatic hydroxyl groups is 1. The van der Waals surface area contributed by atoms with Gasteiger partial charge < -0.3 is 20.5 Å². The normalized spacial score (nSPS) is 9.89. The monoisotopic (exact) mass is 268 g/mol. The molecule has 0 radical (unpaired) electrons. The van der Waals surface area contributed by atoms with Crippen molar-refractivity contribution in [3.05, 3.63) is 29.8 Å². The number of hydrogen-bond acceptors (Lipinski definition) is 4. The molecule has 0 bridgehead atoms. The first kappa shape index (κ1) is 14.4. The summed E-state index contributed by atoms with van der Waals surface area (Å²) in [6, 6.07) is 7.01. The van der Waals surface area contributed by atoms with Gasteiger partial charge in [0.05, 0.1) is 12.2 Å². The van der Waals surface area contributed by atoms with Gasteiger partial charge in [0.15, 0.2) is 6.61 Å². The van der Waals surface area contributed by atoms with Crippen LogP contribution in [0.3, 0.4) is 0 Å². The van der Waals surface area contributed by atoms with E-state index >= 15 is 0 Å². The van der Waals surface area contributed by atoms with Crippen LogP contribution in [-0.4, -0.2) is 47.7 Å². The number of thiocarbonyl (C=S) groups is 1. The van der Waals surface area contributed by atoms with Crippen LogP contribution in [0.25, 0.3) is 0 Å². The Morgan fingerprint density at radius 2 is 2.17 bits per heavy atom. The Balaban J connectivity index is 2.64. The van der Waals surface area contributed by atoms with Gasteiger partial charge in [0.2, 0.25) is 0 Å². The molecule has 18 heavy (non-hydrogen) atoms. The van der Waals surface area contributed by atoms with Crippen molar-refractivity contribution >= 4 is 23.1 Å². The van der Waals surface area contributed by atoms with E-state index in [9.17, 15) is 4.79 Å². The Kier molecular flexibility index (Phi) is 5.54. The smallest absolute Gasteiger partial charge is 0.260 e. The molecule has 1 aromatic carbocycles. The third-order valence-corrected chi connectivity index (χ3v) is 2.58. The maximum absolute atomic E-state index is 11.6. The van der Waals surface area contributed by atoms with E-state index in [2.05, 4.69) is 0 Å². The van der Waals surface area contributed by atoms with Crippen LogP contribution in [0.1, 0.15) is 5.56 Å². The fourth-order valence-corrected chi connectivity index (χ4v) is 1.49. The van der Waals surface area contributed by atoms with Gasteiger partial charge in [-0.2, -0.15) is 0 Å². The lowest BCUT2D eigenvalue weighted by Gasteiger charge is -2.16. The number of nitrogens with two attached hydrogens (primary N) is 1. The van der Waals surface area contributed by atoms with Gasteiger partial charge in [-0.3, -0.25) is 4.79 Å². The number of carbonyl (C=O) groups is 1. The van der Waals surface area contributed by atoms with Gasteiger partial charge in [-0.1, -0.05) is 24.4 Å². The van der Waals surface area contributed by atoms with Crippen molar-refractivity contribution < 1.29 is 14.6 Å². The molecule has 0 heterocycles. The first-order valence-electron chi connectivity index (χ1n) is 5.42. The zero-order valence-electron chi connectivity index (χ0n) is 10.1. The molecular formula is C12H16N2O3S. The van der Waals surface area contributed by atoms with E-state index in [-0.39, 0.29) is 30.7 Å². The number of amides is 1. The minimum absolute atomic E-state index is 0.0777. The first-order chi connectivity index (χ1) is 8.56. The summed E-state index contributed by atoms with van der Waals surface area (Å²) in [5.74, 6) is 0.262. The van der Waals surface area contributed by atoms with Gasteiger partial charge in [-0.15, -0.1) is 0 Å². The van der Waals surface area contributed by atoms with E-state index in [1.165, 1.54) is 4.90 Å². The summed E-state index contributed by atoms with van der Waals surface area (Å²) in [6.07, 6.45) is 0. The second-order valence-electron chi connectivity index (χ2n) is 3.69. The van der Waals surface area contributed by atoms with Crippen molar-refractivity contribution in [1.82, 2.24) is 4.90 Å². The molecule has 5 nitrogen and oxygen atoms in total. The van der Waals surface area contributed by atoms with Crippen molar-refractivity contribution in [2.75, 3.05) is 26.8 Å². The fraction of sp³-hybridized carbons (Fsp3) is 0.333. The predicted molar refractivity (Wildman–Crippen MR) is 72.5 cm³/mol. The summed E-state index contributed by atoms with van der Waals surface area (Å²) in [7, 11) is 1.60. The van der Waals surface area contributed by atoms with E-state index in [0.717, 1.165) is 0 Å². The lowest BCUT2D eigenvalue weighted by atomic mass is 10.2. The minimum atomic E-state index is -0.221. The highest BCUT2D eigenvalue weighted by Crippen LogP contribution is 2.17. The van der Waals surface area contributed by atoms with Crippen LogP contribution in [0.4, 0.5) is 0 Å². The number of benzene rings is 1. The maximum Gasteiger partial charge on any atom is 0.260 e. The lowest BCUT2D eigenvalue weighted by molar-refractivity contribution is -0.132. The van der Waals surface area contributed by atoms with Gasteiger partial charge in [-0.25, -0.2) is 0 Å². The number of aliphatic hydroxyl groups excluding tert-OH is 1. The van der Waals surface area contributed by atoms with Crippen LogP contribution >= 0.6 is 12.2 Å². The zero-order chi connectivity index (χ0) is 13.5. The van der Waals surface area contributed by atoms with Gasteiger partial charge in [-0.05, 0) is 12.1 Å². The quantitative estimate of drug-likeness (QED) is 0.718. The number of carbonyl (C=O) groups excluding carboxylic acids is 1. The van der Waals surface area contributed by atoms with Crippen LogP contribution in [-0.2, 0) is 4.79 Å². The summed E-state index contributed by atoms with van der Waals surface area (Å²) < 4.78 is 5.39. The molecule has 1 amide bonds. The van der Waals surface area contributed by atoms with Crippen molar-refractivity contribution in [1.29, 1.82) is 0 Å². The average molecular weight is 268 g/mol. The fourth-order valence-electron chi connectivity index (χ4n) is 1.32. The molecule has 6 heteroatoms. The molecule has 0 fully saturated rings. The Bertz CT molecular complexity index is 437. The summed E-state index contributed by atoms with van der Waals surface area (Å²) in [6.45, 7) is 0.0843. The van der Waals surface area contributed by atoms with Crippen LogP contribution in [0, 0.1) is 0 Å². The number of nitrogens with zero attached hydrogens (tertiary/aromatic N) is 1. The molecule has 3 N–H and O–H groups in total. The van der Waals surface area contributed by atoms with Crippen LogP contribution in [0.15, 0.2) is 24.3 Å². The van der Waals surface area contributed by atoms with Crippen molar-refractivity contribution in [3.8, 4) is 5.75 Å². The highest BCUT2D eigenvalue weighted by molar-refractivity contribution is 7.80. The van der Waals surface area contributed by atoms with Gasteiger partial charge >= 0.3 is 0 Å². The first-order valence-corrected chi connectivity index (χ1v) is 5.83. The number of ether oxygens (including phenoxy) is 1. The third kappa shape index (κ3) is 3.97. The SMILES string of the molecule is CN(CCO)C(=O)COc1ccccc1C(N)=S. The highest BCUT2D eigenvalue weighted by Gasteiger charge is 2.11. The molecule has 0 aliphatic rings. The largest absolute Gasteiger partial charge is 0.483 e.